The molecular weight excluding hydrogens is 353 g/mol. The Kier molecular flexibility index (Phi) is 7.05. The predicted octanol–water partition coefficient (Wildman–Crippen LogP) is 3.93. The first-order chi connectivity index (χ1) is 12.7. The molecule has 1 fully saturated rings. The fourth-order valence-corrected chi connectivity index (χ4v) is 3.01. The smallest absolute Gasteiger partial charge is 0.410 e. The summed E-state index contributed by atoms with van der Waals surface area (Å²) in [6, 6.07) is 5.93. The molecule has 0 N–H and O–H groups in total. The Bertz CT molecular complexity index is 658. The van der Waals surface area contributed by atoms with E-state index in [1.807, 2.05) is 0 Å². The number of benzene rings is 1. The highest BCUT2D eigenvalue weighted by atomic mass is 19.1. The van der Waals surface area contributed by atoms with Crippen LogP contribution in [0.4, 0.5) is 9.18 Å². The number of hydrogen-bond donors (Lipinski definition) is 0. The van der Waals surface area contributed by atoms with E-state index in [2.05, 4.69) is 0 Å². The number of esters is 1. The largest absolute Gasteiger partial charge is 0.485 e. The monoisotopic (exact) mass is 381 g/mol. The Morgan fingerprint density at radius 3 is 2.59 bits per heavy atom. The summed E-state index contributed by atoms with van der Waals surface area (Å²) in [6.45, 7) is 7.72. The van der Waals surface area contributed by atoms with E-state index < -0.39 is 17.5 Å². The van der Waals surface area contributed by atoms with Crippen LogP contribution in [0.3, 0.4) is 0 Å². The molecule has 150 valence electrons. The maximum atomic E-state index is 13.9. The first kappa shape index (κ1) is 21.0. The molecule has 2 rings (SSSR count). The predicted molar refractivity (Wildman–Crippen MR) is 98.0 cm³/mol. The third-order valence-electron chi connectivity index (χ3n) is 4.12. The SMILES string of the molecule is CCOC(=O)CC[C@@H]1C[C@@H](Oc2ccccc2F)CN1C(=O)OC(C)(C)C. The molecule has 1 saturated heterocycles. The molecule has 0 unspecified atom stereocenters. The molecule has 1 aromatic rings. The maximum Gasteiger partial charge on any atom is 0.410 e. The molecule has 6 nitrogen and oxygen atoms in total. The lowest BCUT2D eigenvalue weighted by molar-refractivity contribution is -0.143. The third kappa shape index (κ3) is 6.41. The van der Waals surface area contributed by atoms with Crippen molar-refractivity contribution in [3.8, 4) is 5.75 Å². The Labute approximate surface area is 159 Å². The summed E-state index contributed by atoms with van der Waals surface area (Å²) in [5, 5.41) is 0. The summed E-state index contributed by atoms with van der Waals surface area (Å²) < 4.78 is 30.1. The van der Waals surface area contributed by atoms with E-state index in [-0.39, 0.29) is 36.8 Å². The average molecular weight is 381 g/mol. The van der Waals surface area contributed by atoms with Gasteiger partial charge in [0.15, 0.2) is 11.6 Å². The first-order valence-electron chi connectivity index (χ1n) is 9.26. The normalized spacial score (nSPS) is 19.7. The number of para-hydroxylation sites is 1. The van der Waals surface area contributed by atoms with Gasteiger partial charge in [0.05, 0.1) is 13.2 Å². The Morgan fingerprint density at radius 1 is 1.26 bits per heavy atom. The van der Waals surface area contributed by atoms with Crippen molar-refractivity contribution < 1.29 is 28.2 Å². The van der Waals surface area contributed by atoms with Gasteiger partial charge >= 0.3 is 12.1 Å². The molecule has 27 heavy (non-hydrogen) atoms. The van der Waals surface area contributed by atoms with Crippen LogP contribution in [0.1, 0.15) is 47.0 Å². The summed E-state index contributed by atoms with van der Waals surface area (Å²) in [7, 11) is 0. The van der Waals surface area contributed by atoms with Crippen molar-refractivity contribution in [1.82, 2.24) is 4.90 Å². The summed E-state index contributed by atoms with van der Waals surface area (Å²) in [5.41, 5.74) is -0.632. The molecular formula is C20H28FNO5. The molecule has 1 aliphatic heterocycles. The van der Waals surface area contributed by atoms with Crippen LogP contribution in [0.25, 0.3) is 0 Å². The van der Waals surface area contributed by atoms with E-state index in [1.54, 1.807) is 50.8 Å². The zero-order valence-electron chi connectivity index (χ0n) is 16.4. The molecule has 1 amide bonds. The zero-order valence-corrected chi connectivity index (χ0v) is 16.4. The molecule has 2 atom stereocenters. The lowest BCUT2D eigenvalue weighted by Crippen LogP contribution is -2.40. The summed E-state index contributed by atoms with van der Waals surface area (Å²) in [5.74, 6) is -0.603. The number of rotatable bonds is 6. The van der Waals surface area contributed by atoms with Gasteiger partial charge in [0.1, 0.15) is 11.7 Å². The van der Waals surface area contributed by atoms with E-state index in [0.717, 1.165) is 0 Å². The second-order valence-electron chi connectivity index (χ2n) is 7.54. The molecule has 7 heteroatoms. The van der Waals surface area contributed by atoms with Crippen LogP contribution in [-0.4, -0.2) is 47.9 Å². The van der Waals surface area contributed by atoms with Crippen LogP contribution in [0.15, 0.2) is 24.3 Å². The number of ether oxygens (including phenoxy) is 3. The van der Waals surface area contributed by atoms with E-state index >= 15 is 0 Å². The van der Waals surface area contributed by atoms with E-state index in [0.29, 0.717) is 19.4 Å². The van der Waals surface area contributed by atoms with Crippen molar-refractivity contribution in [2.45, 2.75) is 64.7 Å². The molecule has 0 aromatic heterocycles. The molecule has 1 aromatic carbocycles. The number of likely N-dealkylation sites (tertiary alicyclic amines) is 1. The van der Waals surface area contributed by atoms with E-state index in [4.69, 9.17) is 14.2 Å². The quantitative estimate of drug-likeness (QED) is 0.699. The molecule has 0 aliphatic carbocycles. The van der Waals surface area contributed by atoms with Crippen LogP contribution in [-0.2, 0) is 14.3 Å². The van der Waals surface area contributed by atoms with Crippen molar-refractivity contribution in [3.63, 3.8) is 0 Å². The average Bonchev–Trinajstić information content (AvgIpc) is 2.97. The van der Waals surface area contributed by atoms with Gasteiger partial charge in [-0.1, -0.05) is 12.1 Å². The number of carbonyl (C=O) groups excluding carboxylic acids is 2. The minimum Gasteiger partial charge on any atom is -0.485 e. The van der Waals surface area contributed by atoms with Gasteiger partial charge in [-0.2, -0.15) is 0 Å². The van der Waals surface area contributed by atoms with Crippen molar-refractivity contribution in [2.24, 2.45) is 0 Å². The fourth-order valence-electron chi connectivity index (χ4n) is 3.01. The third-order valence-corrected chi connectivity index (χ3v) is 4.12. The molecule has 0 spiro atoms. The highest BCUT2D eigenvalue weighted by Crippen LogP contribution is 2.28. The number of amides is 1. The van der Waals surface area contributed by atoms with Gasteiger partial charge in [0, 0.05) is 18.9 Å². The van der Waals surface area contributed by atoms with Crippen molar-refractivity contribution in [3.05, 3.63) is 30.1 Å². The number of halogens is 1. The minimum atomic E-state index is -0.632. The van der Waals surface area contributed by atoms with Crippen molar-refractivity contribution in [1.29, 1.82) is 0 Å². The summed E-state index contributed by atoms with van der Waals surface area (Å²) in [6.07, 6.45) is 0.296. The van der Waals surface area contributed by atoms with Gasteiger partial charge in [-0.05, 0) is 46.2 Å². The lowest BCUT2D eigenvalue weighted by atomic mass is 10.1. The Morgan fingerprint density at radius 2 is 1.96 bits per heavy atom. The fraction of sp³-hybridized carbons (Fsp3) is 0.600. The number of carbonyl (C=O) groups is 2. The van der Waals surface area contributed by atoms with Crippen molar-refractivity contribution >= 4 is 12.1 Å². The van der Waals surface area contributed by atoms with Crippen LogP contribution in [0.2, 0.25) is 0 Å². The molecule has 0 bridgehead atoms. The standard InChI is InChI=1S/C20H28FNO5/c1-5-25-18(23)11-10-14-12-15(26-17-9-7-6-8-16(17)21)13-22(14)19(24)27-20(2,3)4/h6-9,14-15H,5,10-13H2,1-4H3/t14-,15-/m1/s1. The van der Waals surface area contributed by atoms with Gasteiger partial charge < -0.3 is 19.1 Å². The zero-order chi connectivity index (χ0) is 20.0. The Hall–Kier alpha value is -2.31. The van der Waals surface area contributed by atoms with Crippen LogP contribution < -0.4 is 4.74 Å². The summed E-state index contributed by atoms with van der Waals surface area (Å²) in [4.78, 5) is 25.8. The highest BCUT2D eigenvalue weighted by Gasteiger charge is 2.39. The van der Waals surface area contributed by atoms with Gasteiger partial charge in [0.25, 0.3) is 0 Å². The molecule has 1 aliphatic rings. The molecule has 0 saturated carbocycles. The lowest BCUT2D eigenvalue weighted by Gasteiger charge is -2.28. The maximum absolute atomic E-state index is 13.9. The van der Waals surface area contributed by atoms with Crippen LogP contribution in [0.5, 0.6) is 5.75 Å². The van der Waals surface area contributed by atoms with Crippen LogP contribution in [0, 0.1) is 5.82 Å². The molecule has 1 heterocycles. The molecule has 0 radical (unpaired) electrons. The second kappa shape index (κ2) is 9.06. The highest BCUT2D eigenvalue weighted by molar-refractivity contribution is 5.71. The second-order valence-corrected chi connectivity index (χ2v) is 7.54. The first-order valence-corrected chi connectivity index (χ1v) is 9.26. The van der Waals surface area contributed by atoms with Gasteiger partial charge in [0.2, 0.25) is 0 Å². The van der Waals surface area contributed by atoms with Crippen LogP contribution >= 0.6 is 0 Å². The van der Waals surface area contributed by atoms with Gasteiger partial charge in [-0.15, -0.1) is 0 Å². The van der Waals surface area contributed by atoms with Gasteiger partial charge in [-0.25, -0.2) is 9.18 Å². The number of hydrogen-bond acceptors (Lipinski definition) is 5. The Balaban J connectivity index is 2.06. The van der Waals surface area contributed by atoms with Gasteiger partial charge in [-0.3, -0.25) is 4.79 Å². The van der Waals surface area contributed by atoms with E-state index in [1.165, 1.54) is 6.07 Å². The topological polar surface area (TPSA) is 65.1 Å². The number of nitrogens with zero attached hydrogens (tertiary/aromatic N) is 1. The van der Waals surface area contributed by atoms with Crippen molar-refractivity contribution in [2.75, 3.05) is 13.2 Å². The van der Waals surface area contributed by atoms with E-state index in [9.17, 15) is 14.0 Å². The minimum absolute atomic E-state index is 0.151. The summed E-state index contributed by atoms with van der Waals surface area (Å²) >= 11 is 0.